The van der Waals surface area contributed by atoms with Gasteiger partial charge >= 0.3 is 0 Å². The molecule has 0 saturated carbocycles. The Balaban J connectivity index is 2.34. The Morgan fingerprint density at radius 3 is 2.56 bits per heavy atom. The van der Waals surface area contributed by atoms with Gasteiger partial charge in [0, 0.05) is 30.7 Å². The van der Waals surface area contributed by atoms with Crippen molar-refractivity contribution in [1.29, 1.82) is 0 Å². The summed E-state index contributed by atoms with van der Waals surface area (Å²) in [6.45, 7) is 0. The fraction of sp³-hybridized carbons (Fsp3) is 0.154. The van der Waals surface area contributed by atoms with Crippen LogP contribution in [0.3, 0.4) is 0 Å². The molecule has 0 spiro atoms. The van der Waals surface area contributed by atoms with E-state index in [1.807, 2.05) is 11.9 Å². The van der Waals surface area contributed by atoms with Crippen molar-refractivity contribution in [3.8, 4) is 5.75 Å². The van der Waals surface area contributed by atoms with E-state index in [2.05, 4.69) is 4.98 Å². The van der Waals surface area contributed by atoms with Crippen LogP contribution in [0.5, 0.6) is 5.75 Å². The van der Waals surface area contributed by atoms with Crippen LogP contribution < -0.4 is 9.64 Å². The first kappa shape index (κ1) is 12.6. The molecular weight excluding hydrogens is 255 g/mol. The normalized spacial score (nSPS) is 10.2. The number of rotatable bonds is 3. The van der Waals surface area contributed by atoms with E-state index in [-0.39, 0.29) is 5.75 Å². The van der Waals surface area contributed by atoms with Gasteiger partial charge < -0.3 is 9.64 Å². The van der Waals surface area contributed by atoms with Gasteiger partial charge in [-0.15, -0.1) is 0 Å². The predicted octanol–water partition coefficient (Wildman–Crippen LogP) is 3.65. The molecule has 0 aliphatic carbocycles. The molecule has 0 bridgehead atoms. The number of anilines is 2. The van der Waals surface area contributed by atoms with Crippen molar-refractivity contribution in [2.45, 2.75) is 0 Å². The van der Waals surface area contributed by atoms with Crippen LogP contribution in [0.1, 0.15) is 0 Å². The molecule has 1 heterocycles. The summed E-state index contributed by atoms with van der Waals surface area (Å²) in [6, 6.07) is 8.28. The van der Waals surface area contributed by atoms with Crippen molar-refractivity contribution in [1.82, 2.24) is 4.98 Å². The van der Waals surface area contributed by atoms with Crippen LogP contribution in [-0.4, -0.2) is 19.1 Å². The number of benzene rings is 1. The average Bonchev–Trinajstić information content (AvgIpc) is 2.37. The predicted molar refractivity (Wildman–Crippen MR) is 70.3 cm³/mol. The fourth-order valence-electron chi connectivity index (χ4n) is 1.61. The third-order valence-corrected chi connectivity index (χ3v) is 2.83. The van der Waals surface area contributed by atoms with Gasteiger partial charge in [-0.3, -0.25) is 0 Å². The molecule has 0 saturated heterocycles. The molecule has 94 valence electrons. The summed E-state index contributed by atoms with van der Waals surface area (Å²) in [5.74, 6) is -0.179. The molecule has 5 heteroatoms. The highest BCUT2D eigenvalue weighted by Gasteiger charge is 2.09. The Bertz CT molecular complexity index is 562. The maximum absolute atomic E-state index is 13.6. The van der Waals surface area contributed by atoms with Gasteiger partial charge in [-0.05, 0) is 24.3 Å². The molecule has 0 fully saturated rings. The Morgan fingerprint density at radius 2 is 1.94 bits per heavy atom. The zero-order valence-corrected chi connectivity index (χ0v) is 10.8. The Labute approximate surface area is 110 Å². The number of halogens is 2. The topological polar surface area (TPSA) is 25.4 Å². The quantitative estimate of drug-likeness (QED) is 0.793. The molecule has 0 aliphatic heterocycles. The van der Waals surface area contributed by atoms with Gasteiger partial charge in [-0.2, -0.15) is 0 Å². The maximum atomic E-state index is 13.6. The highest BCUT2D eigenvalue weighted by molar-refractivity contribution is 6.29. The first-order chi connectivity index (χ1) is 8.61. The summed E-state index contributed by atoms with van der Waals surface area (Å²) in [5.41, 5.74) is 1.54. The molecule has 2 aromatic rings. The lowest BCUT2D eigenvalue weighted by molar-refractivity contribution is 0.386. The lowest BCUT2D eigenvalue weighted by Gasteiger charge is -2.20. The standard InChI is InChI=1S/C13H12ClFN2O/c1-17(10-5-6-16-13(14)8-10)9-3-4-12(18-2)11(15)7-9/h3-8H,1-2H3. The number of ether oxygens (including phenoxy) is 1. The Hall–Kier alpha value is -1.81. The molecule has 0 unspecified atom stereocenters. The molecular formula is C13H12ClFN2O. The van der Waals surface area contributed by atoms with E-state index in [0.29, 0.717) is 10.8 Å². The van der Waals surface area contributed by atoms with E-state index < -0.39 is 5.82 Å². The minimum Gasteiger partial charge on any atom is -0.494 e. The number of hydrogen-bond donors (Lipinski definition) is 0. The molecule has 18 heavy (non-hydrogen) atoms. The lowest BCUT2D eigenvalue weighted by Crippen LogP contribution is -2.09. The van der Waals surface area contributed by atoms with E-state index in [0.717, 1.165) is 5.69 Å². The first-order valence-electron chi connectivity index (χ1n) is 5.30. The second-order valence-corrected chi connectivity index (χ2v) is 4.10. The Morgan fingerprint density at radius 1 is 1.22 bits per heavy atom. The van der Waals surface area contributed by atoms with Crippen LogP contribution in [0.2, 0.25) is 5.15 Å². The Kier molecular flexibility index (Phi) is 3.67. The number of nitrogens with zero attached hydrogens (tertiary/aromatic N) is 2. The SMILES string of the molecule is COc1ccc(N(C)c2ccnc(Cl)c2)cc1F. The fourth-order valence-corrected chi connectivity index (χ4v) is 1.78. The molecule has 0 aliphatic rings. The smallest absolute Gasteiger partial charge is 0.167 e. The number of methoxy groups -OCH3 is 1. The van der Waals surface area contributed by atoms with Crippen molar-refractivity contribution in [2.24, 2.45) is 0 Å². The first-order valence-corrected chi connectivity index (χ1v) is 5.68. The van der Waals surface area contributed by atoms with Gasteiger partial charge in [0.05, 0.1) is 7.11 Å². The van der Waals surface area contributed by atoms with E-state index in [4.69, 9.17) is 16.3 Å². The van der Waals surface area contributed by atoms with Crippen molar-refractivity contribution in [2.75, 3.05) is 19.1 Å². The number of aromatic nitrogens is 1. The minimum absolute atomic E-state index is 0.222. The monoisotopic (exact) mass is 266 g/mol. The van der Waals surface area contributed by atoms with Crippen molar-refractivity contribution >= 4 is 23.0 Å². The van der Waals surface area contributed by atoms with Crippen LogP contribution in [0.4, 0.5) is 15.8 Å². The number of hydrogen-bond acceptors (Lipinski definition) is 3. The molecule has 1 aromatic carbocycles. The molecule has 0 amide bonds. The van der Waals surface area contributed by atoms with Gasteiger partial charge in [0.2, 0.25) is 0 Å². The number of pyridine rings is 1. The molecule has 0 N–H and O–H groups in total. The largest absolute Gasteiger partial charge is 0.494 e. The van der Waals surface area contributed by atoms with Crippen LogP contribution in [0.15, 0.2) is 36.5 Å². The third kappa shape index (κ3) is 2.54. The summed E-state index contributed by atoms with van der Waals surface area (Å²) >= 11 is 5.82. The van der Waals surface area contributed by atoms with Crippen LogP contribution in [-0.2, 0) is 0 Å². The van der Waals surface area contributed by atoms with E-state index >= 15 is 0 Å². The average molecular weight is 267 g/mol. The molecule has 3 nitrogen and oxygen atoms in total. The van der Waals surface area contributed by atoms with Gasteiger partial charge in [-0.1, -0.05) is 11.6 Å². The van der Waals surface area contributed by atoms with E-state index in [1.165, 1.54) is 13.2 Å². The highest BCUT2D eigenvalue weighted by atomic mass is 35.5. The minimum atomic E-state index is -0.401. The molecule has 0 radical (unpaired) electrons. The van der Waals surface area contributed by atoms with Crippen molar-refractivity contribution in [3.63, 3.8) is 0 Å². The zero-order chi connectivity index (χ0) is 13.1. The van der Waals surface area contributed by atoms with Gasteiger partial charge in [-0.25, -0.2) is 9.37 Å². The van der Waals surface area contributed by atoms with Crippen LogP contribution in [0, 0.1) is 5.82 Å². The van der Waals surface area contributed by atoms with E-state index in [1.54, 1.807) is 30.5 Å². The van der Waals surface area contributed by atoms with Gasteiger partial charge in [0.1, 0.15) is 5.15 Å². The van der Waals surface area contributed by atoms with Gasteiger partial charge in [0.15, 0.2) is 11.6 Å². The molecule has 1 aromatic heterocycles. The second kappa shape index (κ2) is 5.23. The summed E-state index contributed by atoms with van der Waals surface area (Å²) in [7, 11) is 3.26. The van der Waals surface area contributed by atoms with Crippen LogP contribution >= 0.6 is 11.6 Å². The third-order valence-electron chi connectivity index (χ3n) is 2.62. The van der Waals surface area contributed by atoms with Crippen LogP contribution in [0.25, 0.3) is 0 Å². The summed E-state index contributed by atoms with van der Waals surface area (Å²) in [5, 5.41) is 0.397. The zero-order valence-electron chi connectivity index (χ0n) is 10.0. The maximum Gasteiger partial charge on any atom is 0.167 e. The highest BCUT2D eigenvalue weighted by Crippen LogP contribution is 2.28. The van der Waals surface area contributed by atoms with Crippen molar-refractivity contribution < 1.29 is 9.13 Å². The molecule has 2 rings (SSSR count). The second-order valence-electron chi connectivity index (χ2n) is 3.71. The lowest BCUT2D eigenvalue weighted by atomic mass is 10.2. The summed E-state index contributed by atoms with van der Waals surface area (Å²) < 4.78 is 18.5. The van der Waals surface area contributed by atoms with Crippen molar-refractivity contribution in [3.05, 3.63) is 47.5 Å². The van der Waals surface area contributed by atoms with Gasteiger partial charge in [0.25, 0.3) is 0 Å². The van der Waals surface area contributed by atoms with E-state index in [9.17, 15) is 4.39 Å². The summed E-state index contributed by atoms with van der Waals surface area (Å²) in [6.07, 6.45) is 1.61. The summed E-state index contributed by atoms with van der Waals surface area (Å²) in [4.78, 5) is 5.72. The molecule has 0 atom stereocenters.